The van der Waals surface area contributed by atoms with Crippen molar-refractivity contribution < 1.29 is 4.79 Å². The van der Waals surface area contributed by atoms with Crippen molar-refractivity contribution in [2.24, 2.45) is 0 Å². The fourth-order valence-electron chi connectivity index (χ4n) is 1.66. The quantitative estimate of drug-likeness (QED) is 0.658. The third-order valence-corrected chi connectivity index (χ3v) is 2.36. The van der Waals surface area contributed by atoms with Crippen molar-refractivity contribution in [3.05, 3.63) is 0 Å². The van der Waals surface area contributed by atoms with Crippen molar-refractivity contribution in [3.8, 4) is 0 Å². The Balaban J connectivity index is 2.30. The molecule has 1 heterocycles. The van der Waals surface area contributed by atoms with E-state index in [1.54, 1.807) is 6.92 Å². The van der Waals surface area contributed by atoms with Crippen molar-refractivity contribution in [2.45, 2.75) is 39.3 Å². The van der Waals surface area contributed by atoms with E-state index in [9.17, 15) is 4.79 Å². The molecule has 0 bridgehead atoms. The third-order valence-electron chi connectivity index (χ3n) is 2.36. The molecule has 0 radical (unpaired) electrons. The highest BCUT2D eigenvalue weighted by molar-refractivity contribution is 5.73. The molecule has 1 aliphatic heterocycles. The standard InChI is InChI=1S/C9H18N2O/c1-7(2)11-5-4-9(6-11)10-8(3)12/h7,9H,4-6H2,1-3H3,(H,10,12)/t9-/m0/s1. The zero-order chi connectivity index (χ0) is 9.14. The molecule has 1 amide bonds. The van der Waals surface area contributed by atoms with Gasteiger partial charge in [-0.25, -0.2) is 0 Å². The first-order chi connectivity index (χ1) is 5.59. The molecule has 1 atom stereocenters. The minimum Gasteiger partial charge on any atom is -0.352 e. The molecule has 0 saturated carbocycles. The van der Waals surface area contributed by atoms with Crippen LogP contribution in [-0.2, 0) is 4.79 Å². The number of amides is 1. The van der Waals surface area contributed by atoms with Crippen LogP contribution in [0.1, 0.15) is 27.2 Å². The van der Waals surface area contributed by atoms with E-state index < -0.39 is 0 Å². The lowest BCUT2D eigenvalue weighted by Crippen LogP contribution is -2.37. The molecule has 1 fully saturated rings. The molecule has 1 rings (SSSR count). The van der Waals surface area contributed by atoms with E-state index in [0.717, 1.165) is 19.5 Å². The fourth-order valence-corrected chi connectivity index (χ4v) is 1.66. The number of nitrogens with one attached hydrogen (secondary N) is 1. The summed E-state index contributed by atoms with van der Waals surface area (Å²) in [6.45, 7) is 8.09. The Bertz CT molecular complexity index is 168. The van der Waals surface area contributed by atoms with Gasteiger partial charge in [0.15, 0.2) is 0 Å². The van der Waals surface area contributed by atoms with Gasteiger partial charge in [0, 0.05) is 32.1 Å². The molecular weight excluding hydrogens is 152 g/mol. The summed E-state index contributed by atoms with van der Waals surface area (Å²) in [5, 5.41) is 2.95. The number of hydrogen-bond acceptors (Lipinski definition) is 2. The summed E-state index contributed by atoms with van der Waals surface area (Å²) in [6, 6.07) is 0.980. The van der Waals surface area contributed by atoms with E-state index in [1.807, 2.05) is 0 Å². The van der Waals surface area contributed by atoms with Crippen LogP contribution >= 0.6 is 0 Å². The van der Waals surface area contributed by atoms with Gasteiger partial charge < -0.3 is 5.32 Å². The SMILES string of the molecule is CC(=O)N[C@H]1CCN(C(C)C)C1. The molecule has 1 aliphatic rings. The summed E-state index contributed by atoms with van der Waals surface area (Å²) in [7, 11) is 0. The molecule has 0 aromatic rings. The third kappa shape index (κ3) is 2.48. The normalized spacial score (nSPS) is 24.8. The number of carbonyl (C=O) groups is 1. The van der Waals surface area contributed by atoms with Crippen molar-refractivity contribution in [2.75, 3.05) is 13.1 Å². The molecule has 0 unspecified atom stereocenters. The molecule has 1 saturated heterocycles. The van der Waals surface area contributed by atoms with Crippen LogP contribution < -0.4 is 5.32 Å². The highest BCUT2D eigenvalue weighted by Crippen LogP contribution is 2.11. The minimum atomic E-state index is 0.0885. The maximum absolute atomic E-state index is 10.7. The summed E-state index contributed by atoms with van der Waals surface area (Å²) in [4.78, 5) is 13.1. The van der Waals surface area contributed by atoms with Gasteiger partial charge in [0.25, 0.3) is 0 Å². The van der Waals surface area contributed by atoms with Crippen molar-refractivity contribution >= 4 is 5.91 Å². The van der Waals surface area contributed by atoms with Crippen molar-refractivity contribution in [1.29, 1.82) is 0 Å². The zero-order valence-electron chi connectivity index (χ0n) is 8.13. The van der Waals surface area contributed by atoms with Gasteiger partial charge in [-0.3, -0.25) is 9.69 Å². The van der Waals surface area contributed by atoms with E-state index in [4.69, 9.17) is 0 Å². The first kappa shape index (κ1) is 9.52. The van der Waals surface area contributed by atoms with Crippen LogP contribution in [0.15, 0.2) is 0 Å². The van der Waals surface area contributed by atoms with Gasteiger partial charge in [-0.05, 0) is 20.3 Å². The molecule has 3 nitrogen and oxygen atoms in total. The monoisotopic (exact) mass is 170 g/mol. The Morgan fingerprint density at radius 1 is 1.58 bits per heavy atom. The highest BCUT2D eigenvalue weighted by Gasteiger charge is 2.24. The second kappa shape index (κ2) is 3.90. The predicted molar refractivity (Wildman–Crippen MR) is 48.9 cm³/mol. The molecule has 1 N–H and O–H groups in total. The summed E-state index contributed by atoms with van der Waals surface area (Å²) in [5.41, 5.74) is 0. The minimum absolute atomic E-state index is 0.0885. The molecule has 0 spiro atoms. The molecule has 70 valence electrons. The summed E-state index contributed by atoms with van der Waals surface area (Å²) in [5.74, 6) is 0.0885. The number of carbonyl (C=O) groups excluding carboxylic acids is 1. The van der Waals surface area contributed by atoms with Crippen LogP contribution in [0, 0.1) is 0 Å². The first-order valence-electron chi connectivity index (χ1n) is 4.60. The van der Waals surface area contributed by atoms with E-state index in [2.05, 4.69) is 24.1 Å². The first-order valence-corrected chi connectivity index (χ1v) is 4.60. The highest BCUT2D eigenvalue weighted by atomic mass is 16.1. The van der Waals surface area contributed by atoms with Gasteiger partial charge in [0.05, 0.1) is 0 Å². The zero-order valence-corrected chi connectivity index (χ0v) is 8.13. The molecule has 0 aliphatic carbocycles. The lowest BCUT2D eigenvalue weighted by Gasteiger charge is -2.20. The van der Waals surface area contributed by atoms with Gasteiger partial charge in [0.2, 0.25) is 5.91 Å². The van der Waals surface area contributed by atoms with E-state index >= 15 is 0 Å². The van der Waals surface area contributed by atoms with Crippen LogP contribution in [0.25, 0.3) is 0 Å². The lowest BCUT2D eigenvalue weighted by atomic mass is 10.2. The van der Waals surface area contributed by atoms with E-state index in [1.165, 1.54) is 0 Å². The largest absolute Gasteiger partial charge is 0.352 e. The number of nitrogens with zero attached hydrogens (tertiary/aromatic N) is 1. The van der Waals surface area contributed by atoms with Gasteiger partial charge in [-0.1, -0.05) is 0 Å². The molecule has 12 heavy (non-hydrogen) atoms. The molecule has 3 heteroatoms. The molecule has 0 aromatic carbocycles. The van der Waals surface area contributed by atoms with Gasteiger partial charge >= 0.3 is 0 Å². The van der Waals surface area contributed by atoms with Crippen molar-refractivity contribution in [3.63, 3.8) is 0 Å². The Morgan fingerprint density at radius 2 is 2.25 bits per heavy atom. The smallest absolute Gasteiger partial charge is 0.217 e. The van der Waals surface area contributed by atoms with E-state index in [-0.39, 0.29) is 5.91 Å². The fraction of sp³-hybridized carbons (Fsp3) is 0.889. The van der Waals surface area contributed by atoms with E-state index in [0.29, 0.717) is 12.1 Å². The van der Waals surface area contributed by atoms with Gasteiger partial charge in [0.1, 0.15) is 0 Å². The van der Waals surface area contributed by atoms with Gasteiger partial charge in [-0.15, -0.1) is 0 Å². The summed E-state index contributed by atoms with van der Waals surface area (Å²) in [6.07, 6.45) is 1.10. The Morgan fingerprint density at radius 3 is 2.67 bits per heavy atom. The van der Waals surface area contributed by atoms with Crippen LogP contribution in [0.5, 0.6) is 0 Å². The molecular formula is C9H18N2O. The summed E-state index contributed by atoms with van der Waals surface area (Å²) < 4.78 is 0. The second-order valence-corrected chi connectivity index (χ2v) is 3.77. The Labute approximate surface area is 74.1 Å². The van der Waals surface area contributed by atoms with Crippen LogP contribution in [-0.4, -0.2) is 36.0 Å². The van der Waals surface area contributed by atoms with Crippen LogP contribution in [0.4, 0.5) is 0 Å². The maximum Gasteiger partial charge on any atom is 0.217 e. The predicted octanol–water partition coefficient (Wildman–Crippen LogP) is 0.605. The number of rotatable bonds is 2. The topological polar surface area (TPSA) is 32.3 Å². The average molecular weight is 170 g/mol. The molecule has 0 aromatic heterocycles. The Hall–Kier alpha value is -0.570. The second-order valence-electron chi connectivity index (χ2n) is 3.77. The number of hydrogen-bond donors (Lipinski definition) is 1. The van der Waals surface area contributed by atoms with Crippen LogP contribution in [0.3, 0.4) is 0 Å². The Kier molecular flexibility index (Phi) is 3.09. The average Bonchev–Trinajstić information content (AvgIpc) is 2.34. The summed E-state index contributed by atoms with van der Waals surface area (Å²) >= 11 is 0. The van der Waals surface area contributed by atoms with Crippen LogP contribution in [0.2, 0.25) is 0 Å². The maximum atomic E-state index is 10.7. The van der Waals surface area contributed by atoms with Crippen molar-refractivity contribution in [1.82, 2.24) is 10.2 Å². The lowest BCUT2D eigenvalue weighted by molar-refractivity contribution is -0.119. The number of likely N-dealkylation sites (tertiary alicyclic amines) is 1. The van der Waals surface area contributed by atoms with Gasteiger partial charge in [-0.2, -0.15) is 0 Å².